The van der Waals surface area contributed by atoms with Crippen LogP contribution in [0.25, 0.3) is 11.3 Å². The predicted molar refractivity (Wildman–Crippen MR) is 125 cm³/mol. The molecule has 0 bridgehead atoms. The normalized spacial score (nSPS) is 15.8. The Labute approximate surface area is 194 Å². The first-order chi connectivity index (χ1) is 16.0. The molecule has 2 aromatic heterocycles. The predicted octanol–water partition coefficient (Wildman–Crippen LogP) is 4.58. The van der Waals surface area contributed by atoms with E-state index in [1.54, 1.807) is 11.8 Å². The summed E-state index contributed by atoms with van der Waals surface area (Å²) in [4.78, 5) is 27.5. The Morgan fingerprint density at radius 3 is 2.64 bits per heavy atom. The van der Waals surface area contributed by atoms with Crippen LogP contribution in [0.15, 0.2) is 59.1 Å². The van der Waals surface area contributed by atoms with E-state index >= 15 is 0 Å². The molecule has 2 aromatic carbocycles. The van der Waals surface area contributed by atoms with E-state index in [4.69, 9.17) is 4.52 Å². The number of carbonyl (C=O) groups excluding carboxylic acids is 2. The van der Waals surface area contributed by atoms with E-state index in [1.165, 1.54) is 11.3 Å². The highest BCUT2D eigenvalue weighted by Crippen LogP contribution is 2.35. The van der Waals surface area contributed by atoms with Gasteiger partial charge in [-0.1, -0.05) is 65.0 Å². The zero-order valence-corrected chi connectivity index (χ0v) is 18.9. The van der Waals surface area contributed by atoms with E-state index in [2.05, 4.69) is 20.7 Å². The molecule has 1 atom stereocenters. The molecule has 5 rings (SSSR count). The molecular weight excluding hydrogens is 438 g/mol. The second-order valence-corrected chi connectivity index (χ2v) is 8.93. The highest BCUT2D eigenvalue weighted by molar-refractivity contribution is 7.15. The molecule has 0 radical (unpaired) electrons. The highest BCUT2D eigenvalue weighted by atomic mass is 32.1. The zero-order chi connectivity index (χ0) is 22.9. The molecule has 0 spiro atoms. The summed E-state index contributed by atoms with van der Waals surface area (Å²) in [5.74, 6) is 0.0471. The number of benzene rings is 2. The minimum absolute atomic E-state index is 0.0580. The third-order valence-corrected chi connectivity index (χ3v) is 6.68. The van der Waals surface area contributed by atoms with E-state index in [1.807, 2.05) is 61.5 Å². The van der Waals surface area contributed by atoms with Gasteiger partial charge >= 0.3 is 0 Å². The van der Waals surface area contributed by atoms with Crippen LogP contribution in [-0.4, -0.2) is 33.7 Å². The molecule has 1 aliphatic heterocycles. The zero-order valence-electron chi connectivity index (χ0n) is 18.1. The maximum Gasteiger partial charge on any atom is 0.263 e. The van der Waals surface area contributed by atoms with Gasteiger partial charge in [0.15, 0.2) is 0 Å². The summed E-state index contributed by atoms with van der Waals surface area (Å²) in [6.45, 7) is 4.23. The standard InChI is InChI=1S/C24H21N5O3S/c1-14-8-6-7-11-18(14)29-13-17(12-19(29)30)23-26-27-24(33-23)25-22(31)20-15(2)32-28-21(20)16-9-4-3-5-10-16/h3-11,17H,12-13H2,1-2H3,(H,25,27,31). The molecule has 1 aliphatic rings. The van der Waals surface area contributed by atoms with Crippen LogP contribution in [0.4, 0.5) is 10.8 Å². The van der Waals surface area contributed by atoms with Crippen molar-refractivity contribution in [2.75, 3.05) is 16.8 Å². The van der Waals surface area contributed by atoms with Crippen LogP contribution < -0.4 is 10.2 Å². The van der Waals surface area contributed by atoms with Crippen molar-refractivity contribution in [3.63, 3.8) is 0 Å². The van der Waals surface area contributed by atoms with Crippen LogP contribution in [0.3, 0.4) is 0 Å². The van der Waals surface area contributed by atoms with E-state index < -0.39 is 0 Å². The van der Waals surface area contributed by atoms with Crippen molar-refractivity contribution >= 4 is 34.0 Å². The van der Waals surface area contributed by atoms with Gasteiger partial charge in [-0.2, -0.15) is 0 Å². The van der Waals surface area contributed by atoms with Gasteiger partial charge in [0, 0.05) is 30.1 Å². The first-order valence-corrected chi connectivity index (χ1v) is 11.4. The van der Waals surface area contributed by atoms with Crippen LogP contribution >= 0.6 is 11.3 Å². The van der Waals surface area contributed by atoms with Gasteiger partial charge in [-0.05, 0) is 25.5 Å². The minimum atomic E-state index is -0.362. The fourth-order valence-corrected chi connectivity index (χ4v) is 4.84. The van der Waals surface area contributed by atoms with Gasteiger partial charge in [0.2, 0.25) is 11.0 Å². The van der Waals surface area contributed by atoms with Gasteiger partial charge in [0.05, 0.1) is 0 Å². The third kappa shape index (κ3) is 4.03. The number of hydrogen-bond acceptors (Lipinski definition) is 7. The Balaban J connectivity index is 1.33. The van der Waals surface area contributed by atoms with Crippen molar-refractivity contribution in [1.29, 1.82) is 0 Å². The van der Waals surface area contributed by atoms with Crippen molar-refractivity contribution in [3.05, 3.63) is 76.5 Å². The van der Waals surface area contributed by atoms with Crippen LogP contribution in [-0.2, 0) is 4.79 Å². The van der Waals surface area contributed by atoms with Crippen molar-refractivity contribution in [1.82, 2.24) is 15.4 Å². The highest BCUT2D eigenvalue weighted by Gasteiger charge is 2.34. The molecule has 3 heterocycles. The van der Waals surface area contributed by atoms with Crippen LogP contribution in [0.1, 0.15) is 39.0 Å². The third-order valence-electron chi connectivity index (χ3n) is 5.68. The summed E-state index contributed by atoms with van der Waals surface area (Å²) in [5, 5.41) is 16.4. The van der Waals surface area contributed by atoms with Crippen molar-refractivity contribution in [2.45, 2.75) is 26.2 Å². The molecule has 33 heavy (non-hydrogen) atoms. The second-order valence-electron chi connectivity index (χ2n) is 7.92. The fraction of sp³-hybridized carbons (Fsp3) is 0.208. The second kappa shape index (κ2) is 8.59. The van der Waals surface area contributed by atoms with Crippen LogP contribution in [0.2, 0.25) is 0 Å². The molecule has 0 saturated carbocycles. The lowest BCUT2D eigenvalue weighted by Gasteiger charge is -2.18. The molecule has 1 unspecified atom stereocenters. The van der Waals surface area contributed by atoms with Crippen LogP contribution in [0.5, 0.6) is 0 Å². The Morgan fingerprint density at radius 2 is 1.85 bits per heavy atom. The molecule has 1 fully saturated rings. The number of nitrogens with one attached hydrogen (secondary N) is 1. The number of aryl methyl sites for hydroxylation is 2. The molecule has 166 valence electrons. The smallest absolute Gasteiger partial charge is 0.263 e. The van der Waals surface area contributed by atoms with Gasteiger partial charge < -0.3 is 9.42 Å². The van der Waals surface area contributed by atoms with Gasteiger partial charge in [0.1, 0.15) is 22.0 Å². The van der Waals surface area contributed by atoms with E-state index in [0.717, 1.165) is 21.8 Å². The number of anilines is 2. The molecular formula is C24H21N5O3S. The van der Waals surface area contributed by atoms with E-state index in [0.29, 0.717) is 35.1 Å². The number of nitrogens with zero attached hydrogens (tertiary/aromatic N) is 4. The summed E-state index contributed by atoms with van der Waals surface area (Å²) >= 11 is 1.28. The Hall–Kier alpha value is -3.85. The Bertz CT molecular complexity index is 1330. The summed E-state index contributed by atoms with van der Waals surface area (Å²) < 4.78 is 5.28. The Kier molecular flexibility index (Phi) is 5.47. The summed E-state index contributed by atoms with van der Waals surface area (Å²) in [6.07, 6.45) is 0.361. The molecule has 2 amide bonds. The number of amides is 2. The molecule has 1 N–H and O–H groups in total. The summed E-state index contributed by atoms with van der Waals surface area (Å²) in [6, 6.07) is 17.2. The number of hydrogen-bond donors (Lipinski definition) is 1. The number of rotatable bonds is 5. The van der Waals surface area contributed by atoms with Crippen molar-refractivity contribution in [3.8, 4) is 11.3 Å². The maximum atomic E-state index is 13.0. The average Bonchev–Trinajstić information content (AvgIpc) is 3.53. The number of para-hydroxylation sites is 1. The molecule has 9 heteroatoms. The van der Waals surface area contributed by atoms with Gasteiger partial charge in [-0.15, -0.1) is 10.2 Å². The van der Waals surface area contributed by atoms with Crippen molar-refractivity contribution < 1.29 is 14.1 Å². The first kappa shape index (κ1) is 21.0. The van der Waals surface area contributed by atoms with Crippen molar-refractivity contribution in [2.24, 2.45) is 0 Å². The molecule has 1 saturated heterocycles. The van der Waals surface area contributed by atoms with Crippen LogP contribution in [0, 0.1) is 13.8 Å². The maximum absolute atomic E-state index is 13.0. The number of carbonyl (C=O) groups is 2. The van der Waals surface area contributed by atoms with Gasteiger partial charge in [0.25, 0.3) is 5.91 Å². The molecule has 4 aromatic rings. The quantitative estimate of drug-likeness (QED) is 0.469. The van der Waals surface area contributed by atoms with Gasteiger partial charge in [-0.25, -0.2) is 0 Å². The number of aromatic nitrogens is 3. The van der Waals surface area contributed by atoms with Gasteiger partial charge in [-0.3, -0.25) is 14.9 Å². The monoisotopic (exact) mass is 459 g/mol. The van der Waals surface area contributed by atoms with E-state index in [9.17, 15) is 9.59 Å². The first-order valence-electron chi connectivity index (χ1n) is 10.5. The SMILES string of the molecule is Cc1ccccc1N1CC(c2nnc(NC(=O)c3c(-c4ccccc4)noc3C)s2)CC1=O. The molecule has 8 nitrogen and oxygen atoms in total. The largest absolute Gasteiger partial charge is 0.360 e. The lowest BCUT2D eigenvalue weighted by atomic mass is 10.1. The fourth-order valence-electron chi connectivity index (χ4n) is 4.01. The minimum Gasteiger partial charge on any atom is -0.360 e. The topological polar surface area (TPSA) is 101 Å². The Morgan fingerprint density at radius 1 is 1.09 bits per heavy atom. The molecule has 0 aliphatic carbocycles. The van der Waals surface area contributed by atoms with E-state index in [-0.39, 0.29) is 17.7 Å². The average molecular weight is 460 g/mol. The lowest BCUT2D eigenvalue weighted by molar-refractivity contribution is -0.117. The summed E-state index contributed by atoms with van der Waals surface area (Å²) in [5.41, 5.74) is 3.60. The summed E-state index contributed by atoms with van der Waals surface area (Å²) in [7, 11) is 0. The lowest BCUT2D eigenvalue weighted by Crippen LogP contribution is -2.25.